The van der Waals surface area contributed by atoms with E-state index in [1.165, 1.54) is 161 Å². The van der Waals surface area contributed by atoms with Gasteiger partial charge in [-0.25, -0.2) is 0 Å². The molecule has 0 saturated carbocycles. The van der Waals surface area contributed by atoms with Crippen LogP contribution in [0.4, 0.5) is 0 Å². The van der Waals surface area contributed by atoms with E-state index in [4.69, 9.17) is 9.47 Å². The van der Waals surface area contributed by atoms with Crippen molar-refractivity contribution in [1.29, 1.82) is 0 Å². The zero-order chi connectivity index (χ0) is 32.5. The van der Waals surface area contributed by atoms with E-state index in [-0.39, 0.29) is 11.9 Å². The topological polar surface area (TPSA) is 21.7 Å². The summed E-state index contributed by atoms with van der Waals surface area (Å²) in [5.41, 5.74) is 0. The SMILES string of the molecule is CCCCC/C=C\C/C=C\CCCCCCCCC1(CCCCCCCC/C=C\CCCCCCCC)OC[C@@H](CN(C)C)O1. The minimum absolute atomic E-state index is 0.221. The molecule has 1 fully saturated rings. The molecule has 0 amide bonds. The highest BCUT2D eigenvalue weighted by molar-refractivity contribution is 4.92. The van der Waals surface area contributed by atoms with Gasteiger partial charge in [0.2, 0.25) is 0 Å². The molecule has 3 nitrogen and oxygen atoms in total. The fourth-order valence-electron chi connectivity index (χ4n) is 6.53. The van der Waals surface area contributed by atoms with Gasteiger partial charge in [-0.2, -0.15) is 0 Å². The van der Waals surface area contributed by atoms with Gasteiger partial charge in [0.25, 0.3) is 0 Å². The highest BCUT2D eigenvalue weighted by Gasteiger charge is 2.40. The fraction of sp³-hybridized carbons (Fsp3) is 0.857. The number of hydrogen-bond donors (Lipinski definition) is 0. The van der Waals surface area contributed by atoms with Crippen LogP contribution >= 0.6 is 0 Å². The third kappa shape index (κ3) is 26.8. The number of nitrogens with zero attached hydrogens (tertiary/aromatic N) is 1. The molecule has 0 aromatic rings. The lowest BCUT2D eigenvalue weighted by molar-refractivity contribution is -0.180. The maximum Gasteiger partial charge on any atom is 0.168 e. The van der Waals surface area contributed by atoms with Gasteiger partial charge in [0.15, 0.2) is 5.79 Å². The molecule has 1 unspecified atom stereocenters. The second-order valence-corrected chi connectivity index (χ2v) is 14.2. The van der Waals surface area contributed by atoms with Gasteiger partial charge < -0.3 is 14.4 Å². The number of likely N-dealkylation sites (N-methyl/N-ethyl adjacent to an activating group) is 1. The highest BCUT2D eigenvalue weighted by atomic mass is 16.7. The van der Waals surface area contributed by atoms with Crippen molar-refractivity contribution in [3.63, 3.8) is 0 Å². The quantitative estimate of drug-likeness (QED) is 0.0532. The van der Waals surface area contributed by atoms with Crippen molar-refractivity contribution >= 4 is 0 Å². The van der Waals surface area contributed by atoms with E-state index in [1.54, 1.807) is 0 Å². The fourth-order valence-corrected chi connectivity index (χ4v) is 6.53. The molecule has 2 atom stereocenters. The van der Waals surface area contributed by atoms with E-state index >= 15 is 0 Å². The molecule has 3 heteroatoms. The van der Waals surface area contributed by atoms with E-state index in [9.17, 15) is 0 Å². The Hall–Kier alpha value is -0.900. The molecule has 0 radical (unpaired) electrons. The van der Waals surface area contributed by atoms with Crippen molar-refractivity contribution in [3.8, 4) is 0 Å². The summed E-state index contributed by atoms with van der Waals surface area (Å²) in [6.45, 7) is 6.28. The Labute approximate surface area is 283 Å². The van der Waals surface area contributed by atoms with Crippen LogP contribution in [-0.2, 0) is 9.47 Å². The summed E-state index contributed by atoms with van der Waals surface area (Å²) in [5, 5.41) is 0. The molecule has 45 heavy (non-hydrogen) atoms. The first-order valence-corrected chi connectivity index (χ1v) is 20.0. The van der Waals surface area contributed by atoms with Crippen LogP contribution < -0.4 is 0 Å². The summed E-state index contributed by atoms with van der Waals surface area (Å²) < 4.78 is 13.1. The van der Waals surface area contributed by atoms with E-state index in [0.717, 1.165) is 32.4 Å². The summed E-state index contributed by atoms with van der Waals surface area (Å²) in [4.78, 5) is 2.23. The Kier molecular flexibility index (Phi) is 29.7. The summed E-state index contributed by atoms with van der Waals surface area (Å²) in [7, 11) is 4.27. The lowest BCUT2D eigenvalue weighted by Gasteiger charge is -2.29. The number of rotatable bonds is 33. The van der Waals surface area contributed by atoms with Crippen molar-refractivity contribution in [3.05, 3.63) is 36.5 Å². The molecule has 1 rings (SSSR count). The van der Waals surface area contributed by atoms with E-state index in [2.05, 4.69) is 69.3 Å². The lowest BCUT2D eigenvalue weighted by Crippen LogP contribution is -2.33. The first kappa shape index (κ1) is 42.1. The maximum atomic E-state index is 6.62. The van der Waals surface area contributed by atoms with Gasteiger partial charge in [-0.3, -0.25) is 0 Å². The van der Waals surface area contributed by atoms with Gasteiger partial charge in [-0.1, -0.05) is 147 Å². The molecule has 0 N–H and O–H groups in total. The standard InChI is InChI=1S/C42H79NO2/c1-5-7-9-11-13-15-17-19-21-23-25-27-29-31-33-35-37-42(44-40-41(45-42)39-43(3)4)38-36-34-32-30-28-26-24-22-20-18-16-14-12-10-8-6-2/h13,15,19-22,41H,5-12,14,16-18,23-40H2,1-4H3/b15-13-,21-19-,22-20-/t41-,42?/m1/s1. The van der Waals surface area contributed by atoms with Gasteiger partial charge in [0, 0.05) is 19.4 Å². The predicted octanol–water partition coefficient (Wildman–Crippen LogP) is 13.3. The van der Waals surface area contributed by atoms with Crippen LogP contribution in [0.3, 0.4) is 0 Å². The summed E-state index contributed by atoms with van der Waals surface area (Å²) >= 11 is 0. The maximum absolute atomic E-state index is 6.62. The van der Waals surface area contributed by atoms with E-state index in [0.29, 0.717) is 0 Å². The minimum atomic E-state index is -0.323. The number of hydrogen-bond acceptors (Lipinski definition) is 3. The van der Waals surface area contributed by atoms with Crippen LogP contribution in [0.5, 0.6) is 0 Å². The van der Waals surface area contributed by atoms with E-state index < -0.39 is 0 Å². The first-order chi connectivity index (χ1) is 22.1. The van der Waals surface area contributed by atoms with Crippen molar-refractivity contribution < 1.29 is 9.47 Å². The van der Waals surface area contributed by atoms with Crippen LogP contribution in [0.2, 0.25) is 0 Å². The van der Waals surface area contributed by atoms with Crippen LogP contribution in [-0.4, -0.2) is 44.0 Å². The van der Waals surface area contributed by atoms with Gasteiger partial charge >= 0.3 is 0 Å². The first-order valence-electron chi connectivity index (χ1n) is 20.0. The average Bonchev–Trinajstić information content (AvgIpc) is 3.42. The Morgan fingerprint density at radius 1 is 0.511 bits per heavy atom. The zero-order valence-electron chi connectivity index (χ0n) is 31.0. The molecule has 1 aliphatic rings. The lowest BCUT2D eigenvalue weighted by atomic mass is 9.98. The molecule has 0 spiro atoms. The third-order valence-corrected chi connectivity index (χ3v) is 9.31. The Morgan fingerprint density at radius 3 is 1.36 bits per heavy atom. The minimum Gasteiger partial charge on any atom is -0.347 e. The van der Waals surface area contributed by atoms with Crippen LogP contribution in [0.25, 0.3) is 0 Å². The molecule has 0 aromatic heterocycles. The molecular weight excluding hydrogens is 550 g/mol. The predicted molar refractivity (Wildman–Crippen MR) is 200 cm³/mol. The third-order valence-electron chi connectivity index (χ3n) is 9.31. The van der Waals surface area contributed by atoms with Gasteiger partial charge in [0.1, 0.15) is 0 Å². The molecule has 0 aliphatic carbocycles. The highest BCUT2D eigenvalue weighted by Crippen LogP contribution is 2.35. The molecule has 1 saturated heterocycles. The van der Waals surface area contributed by atoms with Crippen molar-refractivity contribution in [1.82, 2.24) is 4.90 Å². The monoisotopic (exact) mass is 630 g/mol. The molecule has 0 bridgehead atoms. The summed E-state index contributed by atoms with van der Waals surface area (Å²) in [6.07, 6.45) is 51.1. The number of allylic oxidation sites excluding steroid dienone is 6. The zero-order valence-corrected chi connectivity index (χ0v) is 31.0. The van der Waals surface area contributed by atoms with Crippen LogP contribution in [0.1, 0.15) is 194 Å². The summed E-state index contributed by atoms with van der Waals surface area (Å²) in [5.74, 6) is -0.323. The number of unbranched alkanes of at least 4 members (excludes halogenated alkanes) is 21. The van der Waals surface area contributed by atoms with Gasteiger partial charge in [0.05, 0.1) is 12.7 Å². The smallest absolute Gasteiger partial charge is 0.168 e. The molecule has 264 valence electrons. The average molecular weight is 630 g/mol. The largest absolute Gasteiger partial charge is 0.347 e. The Bertz CT molecular complexity index is 699. The second-order valence-electron chi connectivity index (χ2n) is 14.2. The molecule has 1 aliphatic heterocycles. The number of ether oxygens (including phenoxy) is 2. The molecule has 1 heterocycles. The molecular formula is C42H79NO2. The van der Waals surface area contributed by atoms with Gasteiger partial charge in [-0.15, -0.1) is 0 Å². The Morgan fingerprint density at radius 2 is 0.889 bits per heavy atom. The van der Waals surface area contributed by atoms with Crippen molar-refractivity contribution in [2.24, 2.45) is 0 Å². The van der Waals surface area contributed by atoms with Crippen LogP contribution in [0, 0.1) is 0 Å². The van der Waals surface area contributed by atoms with Crippen LogP contribution in [0.15, 0.2) is 36.5 Å². The normalized spacial score (nSPS) is 19.0. The van der Waals surface area contributed by atoms with Gasteiger partial charge in [-0.05, 0) is 84.7 Å². The molecule has 0 aromatic carbocycles. The Balaban J connectivity index is 2.11. The second kappa shape index (κ2) is 31.7. The van der Waals surface area contributed by atoms with Crippen molar-refractivity contribution in [2.75, 3.05) is 27.2 Å². The van der Waals surface area contributed by atoms with E-state index in [1.807, 2.05) is 0 Å². The van der Waals surface area contributed by atoms with Crippen molar-refractivity contribution in [2.45, 2.75) is 206 Å². The summed E-state index contributed by atoms with van der Waals surface area (Å²) in [6, 6.07) is 0.